The number of aliphatic hydroxyl groups is 1. The number of ether oxygens (including phenoxy) is 1. The Hall–Kier alpha value is -2.08. The zero-order valence-electron chi connectivity index (χ0n) is 11.7. The van der Waals surface area contributed by atoms with E-state index in [1.807, 2.05) is 12.1 Å². The van der Waals surface area contributed by atoms with Crippen molar-refractivity contribution in [1.29, 1.82) is 0 Å². The van der Waals surface area contributed by atoms with Crippen molar-refractivity contribution in [3.63, 3.8) is 0 Å². The van der Waals surface area contributed by atoms with Gasteiger partial charge in [-0.3, -0.25) is 9.59 Å². The number of carbonyl (C=O) groups is 2. The molecule has 0 saturated heterocycles. The van der Waals surface area contributed by atoms with Crippen LogP contribution in [0.15, 0.2) is 24.3 Å². The zero-order chi connectivity index (χ0) is 15.0. The molecule has 110 valence electrons. The smallest absolute Gasteiger partial charge is 0.309 e. The van der Waals surface area contributed by atoms with Gasteiger partial charge in [0, 0.05) is 13.2 Å². The molecule has 0 aliphatic rings. The van der Waals surface area contributed by atoms with Crippen LogP contribution >= 0.6 is 0 Å². The first-order valence-corrected chi connectivity index (χ1v) is 6.42. The number of aliphatic hydroxyl groups excluding tert-OH is 1. The minimum absolute atomic E-state index is 0.0237. The van der Waals surface area contributed by atoms with Gasteiger partial charge in [0.25, 0.3) is 0 Å². The highest BCUT2D eigenvalue weighted by atomic mass is 16.5. The van der Waals surface area contributed by atoms with Gasteiger partial charge in [-0.2, -0.15) is 0 Å². The summed E-state index contributed by atoms with van der Waals surface area (Å²) < 4.78 is 5.05. The molecule has 0 spiro atoms. The van der Waals surface area contributed by atoms with E-state index in [0.29, 0.717) is 6.42 Å². The van der Waals surface area contributed by atoms with Gasteiger partial charge in [-0.05, 0) is 31.0 Å². The van der Waals surface area contributed by atoms with Crippen LogP contribution in [0.1, 0.15) is 24.9 Å². The number of benzene rings is 1. The Morgan fingerprint density at radius 3 is 2.45 bits per heavy atom. The summed E-state index contributed by atoms with van der Waals surface area (Å²) in [7, 11) is 1.58. The molecule has 0 saturated carbocycles. The maximum Gasteiger partial charge on any atom is 0.309 e. The Labute approximate surface area is 118 Å². The summed E-state index contributed by atoms with van der Waals surface area (Å²) in [6.07, 6.45) is 0.424. The molecule has 20 heavy (non-hydrogen) atoms. The Bertz CT molecular complexity index is 445. The monoisotopic (exact) mass is 280 g/mol. The Balaban J connectivity index is 2.49. The molecule has 0 aliphatic heterocycles. The molecule has 0 bridgehead atoms. The molecule has 0 aromatic heterocycles. The molecule has 0 heterocycles. The first-order valence-electron chi connectivity index (χ1n) is 6.42. The van der Waals surface area contributed by atoms with Gasteiger partial charge in [0.15, 0.2) is 0 Å². The number of amides is 2. The van der Waals surface area contributed by atoms with Gasteiger partial charge in [-0.25, -0.2) is 0 Å². The highest BCUT2D eigenvalue weighted by Crippen LogP contribution is 2.16. The van der Waals surface area contributed by atoms with Crippen LogP contribution in [0.5, 0.6) is 5.75 Å². The lowest BCUT2D eigenvalue weighted by atomic mass is 10.1. The Morgan fingerprint density at radius 2 is 1.90 bits per heavy atom. The van der Waals surface area contributed by atoms with Crippen LogP contribution < -0.4 is 15.4 Å². The van der Waals surface area contributed by atoms with Gasteiger partial charge in [0.05, 0.1) is 13.2 Å². The second-order valence-electron chi connectivity index (χ2n) is 4.30. The topological polar surface area (TPSA) is 87.7 Å². The maximum atomic E-state index is 11.6. The average molecular weight is 280 g/mol. The molecule has 0 unspecified atom stereocenters. The standard InChI is InChI=1S/C14H20N2O4/c1-10(11-4-6-12(20-2)7-5-11)16-14(19)13(18)15-8-3-9-17/h4-7,10,17H,3,8-9H2,1-2H3,(H,15,18)(H,16,19)/t10-/m1/s1. The fraction of sp³-hybridized carbons (Fsp3) is 0.429. The minimum atomic E-state index is -0.696. The van der Waals surface area contributed by atoms with E-state index in [1.54, 1.807) is 26.2 Å². The van der Waals surface area contributed by atoms with E-state index in [-0.39, 0.29) is 19.2 Å². The van der Waals surface area contributed by atoms with Gasteiger partial charge in [-0.15, -0.1) is 0 Å². The number of nitrogens with one attached hydrogen (secondary N) is 2. The predicted molar refractivity (Wildman–Crippen MR) is 74.3 cm³/mol. The molecule has 1 rings (SSSR count). The minimum Gasteiger partial charge on any atom is -0.497 e. The molecule has 2 amide bonds. The summed E-state index contributed by atoms with van der Waals surface area (Å²) in [5.41, 5.74) is 0.877. The quantitative estimate of drug-likeness (QED) is 0.519. The third-order valence-electron chi connectivity index (χ3n) is 2.79. The lowest BCUT2D eigenvalue weighted by molar-refractivity contribution is -0.139. The normalized spacial score (nSPS) is 11.6. The van der Waals surface area contributed by atoms with Crippen molar-refractivity contribution >= 4 is 11.8 Å². The summed E-state index contributed by atoms with van der Waals surface area (Å²) in [5.74, 6) is -0.654. The maximum absolute atomic E-state index is 11.6. The van der Waals surface area contributed by atoms with E-state index in [0.717, 1.165) is 11.3 Å². The molecule has 0 aliphatic carbocycles. The molecule has 0 fully saturated rings. The first kappa shape index (κ1) is 16.0. The van der Waals surface area contributed by atoms with Crippen molar-refractivity contribution in [1.82, 2.24) is 10.6 Å². The Morgan fingerprint density at radius 1 is 1.25 bits per heavy atom. The number of hydrogen-bond donors (Lipinski definition) is 3. The predicted octanol–water partition coefficient (Wildman–Crippen LogP) is 0.371. The molecule has 1 atom stereocenters. The summed E-state index contributed by atoms with van der Waals surface area (Å²) >= 11 is 0. The molecule has 1 aromatic carbocycles. The summed E-state index contributed by atoms with van der Waals surface area (Å²) in [6.45, 7) is 2.05. The van der Waals surface area contributed by atoms with E-state index in [2.05, 4.69) is 10.6 Å². The van der Waals surface area contributed by atoms with Crippen LogP contribution in [0.3, 0.4) is 0 Å². The average Bonchev–Trinajstić information content (AvgIpc) is 2.47. The fourth-order valence-corrected chi connectivity index (χ4v) is 1.60. The van der Waals surface area contributed by atoms with Crippen LogP contribution in [0.4, 0.5) is 0 Å². The van der Waals surface area contributed by atoms with Crippen molar-refractivity contribution in [3.8, 4) is 5.75 Å². The first-order chi connectivity index (χ1) is 9.58. The van der Waals surface area contributed by atoms with E-state index in [1.165, 1.54) is 0 Å². The SMILES string of the molecule is COc1ccc([C@@H](C)NC(=O)C(=O)NCCCO)cc1. The van der Waals surface area contributed by atoms with Crippen molar-refractivity contribution < 1.29 is 19.4 Å². The molecular formula is C14H20N2O4. The number of methoxy groups -OCH3 is 1. The third kappa shape index (κ3) is 4.89. The zero-order valence-corrected chi connectivity index (χ0v) is 11.7. The molecule has 3 N–H and O–H groups in total. The summed E-state index contributed by atoms with van der Waals surface area (Å²) in [4.78, 5) is 23.1. The van der Waals surface area contributed by atoms with E-state index >= 15 is 0 Å². The van der Waals surface area contributed by atoms with Crippen LogP contribution in [-0.4, -0.2) is 37.2 Å². The number of rotatable bonds is 6. The Kier molecular flexibility index (Phi) is 6.52. The molecule has 6 nitrogen and oxygen atoms in total. The van der Waals surface area contributed by atoms with Crippen molar-refractivity contribution in [2.75, 3.05) is 20.3 Å². The van der Waals surface area contributed by atoms with E-state index in [9.17, 15) is 9.59 Å². The third-order valence-corrected chi connectivity index (χ3v) is 2.79. The number of hydrogen-bond acceptors (Lipinski definition) is 4. The van der Waals surface area contributed by atoms with Crippen molar-refractivity contribution in [2.24, 2.45) is 0 Å². The molecular weight excluding hydrogens is 260 g/mol. The van der Waals surface area contributed by atoms with E-state index < -0.39 is 11.8 Å². The molecule has 1 aromatic rings. The second-order valence-corrected chi connectivity index (χ2v) is 4.30. The van der Waals surface area contributed by atoms with Gasteiger partial charge in [0.2, 0.25) is 0 Å². The largest absolute Gasteiger partial charge is 0.497 e. The lowest BCUT2D eigenvalue weighted by Crippen LogP contribution is -2.41. The van der Waals surface area contributed by atoms with Crippen LogP contribution in [0.25, 0.3) is 0 Å². The molecule has 0 radical (unpaired) electrons. The summed E-state index contributed by atoms with van der Waals surface area (Å²) in [6, 6.07) is 6.96. The second kappa shape index (κ2) is 8.16. The highest BCUT2D eigenvalue weighted by molar-refractivity contribution is 6.35. The lowest BCUT2D eigenvalue weighted by Gasteiger charge is -2.14. The number of carbonyl (C=O) groups excluding carboxylic acids is 2. The van der Waals surface area contributed by atoms with Crippen molar-refractivity contribution in [2.45, 2.75) is 19.4 Å². The van der Waals surface area contributed by atoms with Gasteiger partial charge >= 0.3 is 11.8 Å². The van der Waals surface area contributed by atoms with Gasteiger partial charge < -0.3 is 20.5 Å². The fourth-order valence-electron chi connectivity index (χ4n) is 1.60. The highest BCUT2D eigenvalue weighted by Gasteiger charge is 2.16. The van der Waals surface area contributed by atoms with Crippen LogP contribution in [-0.2, 0) is 9.59 Å². The summed E-state index contributed by atoms with van der Waals surface area (Å²) in [5, 5.41) is 13.6. The van der Waals surface area contributed by atoms with Gasteiger partial charge in [-0.1, -0.05) is 12.1 Å². The van der Waals surface area contributed by atoms with Gasteiger partial charge in [0.1, 0.15) is 5.75 Å². The van der Waals surface area contributed by atoms with E-state index in [4.69, 9.17) is 9.84 Å². The van der Waals surface area contributed by atoms with Crippen molar-refractivity contribution in [3.05, 3.63) is 29.8 Å². The van der Waals surface area contributed by atoms with Crippen LogP contribution in [0, 0.1) is 0 Å². The van der Waals surface area contributed by atoms with Crippen LogP contribution in [0.2, 0.25) is 0 Å². The molecule has 6 heteroatoms.